The van der Waals surface area contributed by atoms with Gasteiger partial charge in [-0.2, -0.15) is 0 Å². The highest BCUT2D eigenvalue weighted by Crippen LogP contribution is 2.17. The summed E-state index contributed by atoms with van der Waals surface area (Å²) >= 11 is 1.67. The maximum Gasteiger partial charge on any atom is 0.213 e. The Labute approximate surface area is 199 Å². The van der Waals surface area contributed by atoms with Crippen molar-refractivity contribution in [2.75, 3.05) is 7.05 Å². The fourth-order valence-electron chi connectivity index (χ4n) is 2.61. The lowest BCUT2D eigenvalue weighted by Crippen LogP contribution is -2.36. The maximum atomic E-state index is 5.80. The molecule has 0 saturated heterocycles. The van der Waals surface area contributed by atoms with Crippen LogP contribution >= 0.6 is 35.3 Å². The van der Waals surface area contributed by atoms with E-state index in [9.17, 15) is 0 Å². The second-order valence-electron chi connectivity index (χ2n) is 6.88. The Kier molecular flexibility index (Phi) is 10.0. The number of rotatable bonds is 8. The number of hydrogen-bond acceptors (Lipinski definition) is 5. The van der Waals surface area contributed by atoms with Crippen LogP contribution in [0.25, 0.3) is 0 Å². The van der Waals surface area contributed by atoms with Gasteiger partial charge in [-0.05, 0) is 23.1 Å². The molecule has 3 rings (SSSR count). The van der Waals surface area contributed by atoms with Gasteiger partial charge in [0.2, 0.25) is 5.88 Å². The van der Waals surface area contributed by atoms with Crippen molar-refractivity contribution in [1.82, 2.24) is 20.6 Å². The Hall–Kier alpha value is -2.20. The van der Waals surface area contributed by atoms with Gasteiger partial charge in [-0.15, -0.1) is 35.3 Å². The normalized spacial score (nSPS) is 11.1. The Morgan fingerprint density at radius 2 is 1.87 bits per heavy atom. The quantitative estimate of drug-likeness (QED) is 0.247. The standard InChI is InChI=1S/C22H27N5OS.HI/c1-16(2)19-15-29-21(27-19)13-26-22(23-3)25-12-18-9-10-24-20(11-18)28-14-17-7-5-4-6-8-17;/h4-11,15-16H,12-14H2,1-3H3,(H2,23,25,26);1H. The fourth-order valence-corrected chi connectivity index (χ4v) is 3.50. The van der Waals surface area contributed by atoms with Crippen LogP contribution in [0.5, 0.6) is 5.88 Å². The molecule has 8 heteroatoms. The first-order valence-electron chi connectivity index (χ1n) is 9.64. The summed E-state index contributed by atoms with van der Waals surface area (Å²) in [6, 6.07) is 14.0. The predicted molar refractivity (Wildman–Crippen MR) is 134 cm³/mol. The van der Waals surface area contributed by atoms with Crippen LogP contribution in [-0.4, -0.2) is 23.0 Å². The van der Waals surface area contributed by atoms with E-state index in [0.717, 1.165) is 27.8 Å². The summed E-state index contributed by atoms with van der Waals surface area (Å²) in [4.78, 5) is 13.2. The van der Waals surface area contributed by atoms with Crippen molar-refractivity contribution < 1.29 is 4.74 Å². The molecule has 0 amide bonds. The van der Waals surface area contributed by atoms with Crippen LogP contribution in [0.1, 0.15) is 41.6 Å². The van der Waals surface area contributed by atoms with Crippen molar-refractivity contribution in [3.63, 3.8) is 0 Å². The molecule has 0 saturated carbocycles. The number of ether oxygens (including phenoxy) is 1. The number of aromatic nitrogens is 2. The van der Waals surface area contributed by atoms with Crippen molar-refractivity contribution in [1.29, 1.82) is 0 Å². The molecule has 2 N–H and O–H groups in total. The van der Waals surface area contributed by atoms with Gasteiger partial charge in [-0.1, -0.05) is 44.2 Å². The van der Waals surface area contributed by atoms with Crippen molar-refractivity contribution in [3.05, 3.63) is 75.9 Å². The largest absolute Gasteiger partial charge is 0.473 e. The Balaban J connectivity index is 0.00000320. The molecule has 0 aliphatic heterocycles. The molecule has 0 atom stereocenters. The first-order chi connectivity index (χ1) is 14.1. The molecule has 0 unspecified atom stereocenters. The summed E-state index contributed by atoms with van der Waals surface area (Å²) in [6.45, 7) is 6.08. The molecule has 30 heavy (non-hydrogen) atoms. The third-order valence-electron chi connectivity index (χ3n) is 4.28. The molecular weight excluding hydrogens is 509 g/mol. The predicted octanol–water partition coefficient (Wildman–Crippen LogP) is 4.72. The van der Waals surface area contributed by atoms with Gasteiger partial charge in [-0.3, -0.25) is 4.99 Å². The van der Waals surface area contributed by atoms with E-state index in [2.05, 4.69) is 44.8 Å². The second-order valence-corrected chi connectivity index (χ2v) is 7.82. The molecule has 2 aromatic heterocycles. The smallest absolute Gasteiger partial charge is 0.213 e. The molecule has 0 spiro atoms. The molecule has 1 aromatic carbocycles. The van der Waals surface area contributed by atoms with Crippen molar-refractivity contribution in [3.8, 4) is 5.88 Å². The zero-order valence-corrected chi connectivity index (χ0v) is 20.6. The molecule has 0 bridgehead atoms. The zero-order chi connectivity index (χ0) is 20.5. The molecule has 0 aliphatic rings. The Morgan fingerprint density at radius 3 is 2.57 bits per heavy atom. The van der Waals surface area contributed by atoms with E-state index in [-0.39, 0.29) is 24.0 Å². The first kappa shape index (κ1) is 24.1. The van der Waals surface area contributed by atoms with Crippen molar-refractivity contribution in [2.24, 2.45) is 4.99 Å². The van der Waals surface area contributed by atoms with Gasteiger partial charge in [0.25, 0.3) is 0 Å². The number of nitrogens with zero attached hydrogens (tertiary/aromatic N) is 3. The molecule has 6 nitrogen and oxygen atoms in total. The molecular formula is C22H28IN5OS. The summed E-state index contributed by atoms with van der Waals surface area (Å²) in [7, 11) is 1.76. The minimum atomic E-state index is 0. The highest BCUT2D eigenvalue weighted by atomic mass is 127. The van der Waals surface area contributed by atoms with Crippen LogP contribution in [0.4, 0.5) is 0 Å². The average molecular weight is 537 g/mol. The number of pyridine rings is 1. The van der Waals surface area contributed by atoms with Gasteiger partial charge in [0, 0.05) is 31.2 Å². The summed E-state index contributed by atoms with van der Waals surface area (Å²) in [5.74, 6) is 1.79. The van der Waals surface area contributed by atoms with Gasteiger partial charge in [0.15, 0.2) is 5.96 Å². The van der Waals surface area contributed by atoms with Crippen molar-refractivity contribution in [2.45, 2.75) is 39.5 Å². The van der Waals surface area contributed by atoms with Crippen LogP contribution in [0.15, 0.2) is 59.0 Å². The third kappa shape index (κ3) is 7.56. The average Bonchev–Trinajstić information content (AvgIpc) is 3.23. The fraction of sp³-hybridized carbons (Fsp3) is 0.318. The van der Waals surface area contributed by atoms with Gasteiger partial charge in [0.05, 0.1) is 12.2 Å². The number of halogens is 1. The molecule has 0 radical (unpaired) electrons. The van der Waals surface area contributed by atoms with E-state index in [4.69, 9.17) is 4.74 Å². The summed E-state index contributed by atoms with van der Waals surface area (Å²) in [5, 5.41) is 9.80. The highest BCUT2D eigenvalue weighted by Gasteiger charge is 2.07. The van der Waals surface area contributed by atoms with E-state index in [1.807, 2.05) is 42.5 Å². The van der Waals surface area contributed by atoms with Gasteiger partial charge >= 0.3 is 0 Å². The molecule has 0 aliphatic carbocycles. The monoisotopic (exact) mass is 537 g/mol. The number of hydrogen-bond donors (Lipinski definition) is 2. The maximum absolute atomic E-state index is 5.80. The number of aliphatic imine (C=N–C) groups is 1. The first-order valence-corrected chi connectivity index (χ1v) is 10.5. The number of nitrogens with one attached hydrogen (secondary N) is 2. The van der Waals surface area contributed by atoms with Gasteiger partial charge in [-0.25, -0.2) is 9.97 Å². The van der Waals surface area contributed by atoms with Gasteiger partial charge < -0.3 is 15.4 Å². The zero-order valence-electron chi connectivity index (χ0n) is 17.5. The minimum Gasteiger partial charge on any atom is -0.473 e. The van der Waals surface area contributed by atoms with E-state index in [1.54, 1.807) is 24.6 Å². The summed E-state index contributed by atoms with van der Waals surface area (Å²) in [5.41, 5.74) is 3.32. The lowest BCUT2D eigenvalue weighted by atomic mass is 10.2. The third-order valence-corrected chi connectivity index (χ3v) is 5.15. The van der Waals surface area contributed by atoms with Crippen LogP contribution in [0, 0.1) is 0 Å². The van der Waals surface area contributed by atoms with Crippen LogP contribution in [0.2, 0.25) is 0 Å². The van der Waals surface area contributed by atoms with Crippen LogP contribution in [0.3, 0.4) is 0 Å². The molecule has 3 aromatic rings. The molecule has 0 fully saturated rings. The highest BCUT2D eigenvalue weighted by molar-refractivity contribution is 14.0. The second kappa shape index (κ2) is 12.5. The van der Waals surface area contributed by atoms with E-state index < -0.39 is 0 Å². The minimum absolute atomic E-state index is 0. The number of guanidine groups is 1. The summed E-state index contributed by atoms with van der Waals surface area (Å²) < 4.78 is 5.80. The number of thiazole rings is 1. The van der Waals surface area contributed by atoms with Crippen LogP contribution < -0.4 is 15.4 Å². The summed E-state index contributed by atoms with van der Waals surface area (Å²) in [6.07, 6.45) is 1.76. The Morgan fingerprint density at radius 1 is 1.10 bits per heavy atom. The lowest BCUT2D eigenvalue weighted by Gasteiger charge is -2.12. The molecule has 2 heterocycles. The Bertz CT molecular complexity index is 930. The lowest BCUT2D eigenvalue weighted by molar-refractivity contribution is 0.293. The SMILES string of the molecule is CN=C(NCc1ccnc(OCc2ccccc2)c1)NCc1nc(C(C)C)cs1.I. The van der Waals surface area contributed by atoms with E-state index in [0.29, 0.717) is 31.5 Å². The number of benzene rings is 1. The van der Waals surface area contributed by atoms with Crippen LogP contribution in [-0.2, 0) is 19.7 Å². The molecule has 160 valence electrons. The van der Waals surface area contributed by atoms with Gasteiger partial charge in [0.1, 0.15) is 11.6 Å². The van der Waals surface area contributed by atoms with E-state index in [1.165, 1.54) is 0 Å². The van der Waals surface area contributed by atoms with Crippen molar-refractivity contribution >= 4 is 41.3 Å². The van der Waals surface area contributed by atoms with E-state index >= 15 is 0 Å². The topological polar surface area (TPSA) is 71.4 Å².